The molecule has 1 aromatic carbocycles. The van der Waals surface area contributed by atoms with Gasteiger partial charge in [-0.2, -0.15) is 0 Å². The van der Waals surface area contributed by atoms with Crippen LogP contribution in [-0.4, -0.2) is 161 Å². The number of nitrogens with one attached hydrogen (secondary N) is 6. The highest BCUT2D eigenvalue weighted by Crippen LogP contribution is 2.41. The molecule has 0 spiro atoms. The number of aromatic amines is 1. The van der Waals surface area contributed by atoms with Gasteiger partial charge < -0.3 is 56.4 Å². The van der Waals surface area contributed by atoms with Gasteiger partial charge in [-0.05, 0) is 42.4 Å². The van der Waals surface area contributed by atoms with Crippen LogP contribution < -0.4 is 26.6 Å². The van der Waals surface area contributed by atoms with Crippen molar-refractivity contribution < 1.29 is 63.1 Å². The van der Waals surface area contributed by atoms with Gasteiger partial charge in [-0.15, -0.1) is 6.58 Å². The van der Waals surface area contributed by atoms with Gasteiger partial charge in [0.25, 0.3) is 0 Å². The summed E-state index contributed by atoms with van der Waals surface area (Å²) >= 11 is 0. The van der Waals surface area contributed by atoms with Crippen LogP contribution in [-0.2, 0) is 49.6 Å². The zero-order valence-electron chi connectivity index (χ0n) is 39.5. The van der Waals surface area contributed by atoms with Crippen LogP contribution in [0.4, 0.5) is 16.3 Å². The van der Waals surface area contributed by atoms with Crippen molar-refractivity contribution in [2.24, 2.45) is 17.3 Å². The number of aliphatic hydroxyl groups excluding tert-OH is 3. The number of imide groups is 1. The normalized spacial score (nSPS) is 24.2. The van der Waals surface area contributed by atoms with Crippen LogP contribution in [0.25, 0.3) is 11.2 Å². The molecule has 6 rings (SSSR count). The largest absolute Gasteiger partial charge is 0.445 e. The van der Waals surface area contributed by atoms with E-state index >= 15 is 0 Å². The van der Waals surface area contributed by atoms with Crippen LogP contribution in [0.15, 0.2) is 49.6 Å². The fourth-order valence-electron chi connectivity index (χ4n) is 8.72. The number of fused-ring (bicyclic) bond motifs is 1. The number of nitrogens with zero attached hydrogens (tertiary/aromatic N) is 5. The van der Waals surface area contributed by atoms with Crippen LogP contribution in [0.1, 0.15) is 72.3 Å². The number of hydrogen-bond acceptors (Lipinski definition) is 17. The molecule has 3 aliphatic heterocycles. The van der Waals surface area contributed by atoms with E-state index in [-0.39, 0.29) is 56.0 Å². The average molecular weight is 976 g/mol. The number of ketones is 1. The second-order valence-corrected chi connectivity index (χ2v) is 18.3. The summed E-state index contributed by atoms with van der Waals surface area (Å²) in [6, 6.07) is 1.36. The minimum absolute atomic E-state index is 0.0335. The third kappa shape index (κ3) is 11.9. The van der Waals surface area contributed by atoms with Crippen LogP contribution in [0.2, 0.25) is 0 Å². The maximum Gasteiger partial charge on any atom is 0.411 e. The van der Waals surface area contributed by atoms with Gasteiger partial charge in [0, 0.05) is 31.5 Å². The van der Waals surface area contributed by atoms with Crippen molar-refractivity contribution in [1.29, 1.82) is 0 Å². The number of carbonyl (C=O) groups is 8. The molecule has 0 saturated carbocycles. The van der Waals surface area contributed by atoms with Crippen LogP contribution >= 0.6 is 0 Å². The van der Waals surface area contributed by atoms with Crippen molar-refractivity contribution in [1.82, 2.24) is 45.7 Å². The molecular weight excluding hydrogens is 915 g/mol. The number of rotatable bonds is 20. The van der Waals surface area contributed by atoms with Crippen molar-refractivity contribution in [3.8, 4) is 0 Å². The number of amides is 7. The summed E-state index contributed by atoms with van der Waals surface area (Å²) in [5.41, 5.74) is 0.958. The lowest BCUT2D eigenvalue weighted by atomic mass is 9.73. The van der Waals surface area contributed by atoms with Gasteiger partial charge in [0.05, 0.1) is 31.4 Å². The molecule has 0 aliphatic carbocycles. The number of aromatic nitrogens is 4. The number of ether oxygens (including phenoxy) is 2. The number of carbonyl (C=O) groups excluding carboxylic acids is 8. The van der Waals surface area contributed by atoms with E-state index in [1.807, 2.05) is 13.8 Å². The maximum absolute atomic E-state index is 13.5. The van der Waals surface area contributed by atoms with Crippen LogP contribution in [0.3, 0.4) is 0 Å². The number of benzene rings is 1. The Morgan fingerprint density at radius 2 is 1.74 bits per heavy atom. The highest BCUT2D eigenvalue weighted by atomic mass is 16.6. The van der Waals surface area contributed by atoms with Crippen molar-refractivity contribution in [3.63, 3.8) is 0 Å². The molecule has 0 radical (unpaired) electrons. The van der Waals surface area contributed by atoms with Crippen molar-refractivity contribution in [2.45, 2.75) is 122 Å². The molecule has 2 unspecified atom stereocenters. The predicted molar refractivity (Wildman–Crippen MR) is 247 cm³/mol. The zero-order valence-corrected chi connectivity index (χ0v) is 39.5. The highest BCUT2D eigenvalue weighted by Gasteiger charge is 2.49. The lowest BCUT2D eigenvalue weighted by Gasteiger charge is -2.43. The Labute approximate surface area is 402 Å². The quantitative estimate of drug-likeness (QED) is 0.0532. The van der Waals surface area contributed by atoms with E-state index < -0.39 is 109 Å². The van der Waals surface area contributed by atoms with Crippen LogP contribution in [0.5, 0.6) is 0 Å². The monoisotopic (exact) mass is 975 g/mol. The van der Waals surface area contributed by atoms with Gasteiger partial charge >= 0.3 is 6.09 Å². The third-order valence-electron chi connectivity index (χ3n) is 12.9. The molecule has 7 amide bonds. The molecule has 2 aromatic heterocycles. The Morgan fingerprint density at radius 3 is 2.41 bits per heavy atom. The van der Waals surface area contributed by atoms with Crippen molar-refractivity contribution >= 4 is 70.0 Å². The molecular formula is C46H61N11O13. The topological polar surface area (TPSA) is 337 Å². The first-order valence-electron chi connectivity index (χ1n) is 23.0. The van der Waals surface area contributed by atoms with Crippen molar-refractivity contribution in [2.75, 3.05) is 30.3 Å². The Bertz CT molecular complexity index is 2450. The molecule has 9 N–H and O–H groups in total. The Morgan fingerprint density at radius 1 is 1.01 bits per heavy atom. The molecule has 3 aliphatic rings. The molecule has 24 nitrogen and oxygen atoms in total. The number of anilines is 2. The molecule has 70 heavy (non-hydrogen) atoms. The third-order valence-corrected chi connectivity index (χ3v) is 12.9. The average Bonchev–Trinajstić information content (AvgIpc) is 4.06. The fourth-order valence-corrected chi connectivity index (χ4v) is 8.72. The Hall–Kier alpha value is -6.89. The van der Waals surface area contributed by atoms with E-state index in [2.05, 4.69) is 53.1 Å². The number of aliphatic hydroxyl groups is 3. The van der Waals surface area contributed by atoms with E-state index in [9.17, 15) is 53.7 Å². The van der Waals surface area contributed by atoms with Gasteiger partial charge in [0.15, 0.2) is 23.5 Å². The van der Waals surface area contributed by atoms with E-state index in [1.165, 1.54) is 31.7 Å². The van der Waals surface area contributed by atoms with E-state index in [0.717, 1.165) is 16.2 Å². The number of hydrogen-bond donors (Lipinski definition) is 9. The smallest absolute Gasteiger partial charge is 0.411 e. The van der Waals surface area contributed by atoms with Gasteiger partial charge in [-0.25, -0.2) is 19.7 Å². The summed E-state index contributed by atoms with van der Waals surface area (Å²) in [7, 11) is 0. The van der Waals surface area contributed by atoms with Gasteiger partial charge in [-0.3, -0.25) is 43.4 Å². The maximum atomic E-state index is 13.5. The minimum atomic E-state index is -1.68. The first kappa shape index (κ1) is 52.5. The first-order valence-corrected chi connectivity index (χ1v) is 23.0. The lowest BCUT2D eigenvalue weighted by Crippen LogP contribution is -2.67. The number of Topliss-reactive ketones (excluding diaryl/α,β-unsaturated/α-hetero) is 1. The Kier molecular flexibility index (Phi) is 17.0. The molecule has 5 heterocycles. The summed E-state index contributed by atoms with van der Waals surface area (Å²) < 4.78 is 11.2. The molecule has 3 fully saturated rings. The fraction of sp³-hybridized carbons (Fsp3) is 0.543. The number of imidazole rings is 1. The van der Waals surface area contributed by atoms with Crippen LogP contribution in [0, 0.1) is 17.3 Å². The standard InChI is InChI=1S/C46H61N11O13/c1-7-14-46(6,8-2)28-17-32(61)56(44(28)67)15-13-31(60)53-33(23(3)4)42(66)51-24(5)40(64)52-26-11-9-25(10-12-26)20-69-45(68)57-18-27(59)16-29(57)41(65)54-34-30(19-58)70-43(37(63)36(34)62)55-39-35-38(48-21-47-35)49-22-50-39/h8-12,21-24,28-30,33-34,36-37,43,58,62-63H,2,7,13-20H2,1,3-6H3,(H,51,66)(H,52,64)(H,53,60)(H,54,65)(H2,47,48,49,50,55)/t24-,28?,29-,30-,33-,34-,36+,37-,43-,46?/m0/s1. The van der Waals surface area contributed by atoms with Crippen molar-refractivity contribution in [3.05, 3.63) is 55.1 Å². The van der Waals surface area contributed by atoms with Gasteiger partial charge in [0.1, 0.15) is 54.9 Å². The molecule has 378 valence electrons. The number of H-pyrrole nitrogens is 1. The highest BCUT2D eigenvalue weighted by molar-refractivity contribution is 6.04. The molecule has 10 atom stereocenters. The number of allylic oxidation sites excluding steroid dienone is 1. The lowest BCUT2D eigenvalue weighted by molar-refractivity contribution is -0.185. The summed E-state index contributed by atoms with van der Waals surface area (Å²) in [4.78, 5) is 122. The SMILES string of the molecule is C=CC(C)(CCC)C1CC(=O)N(CCC(=O)N[C@H](C(=O)N[C@@H](C)C(=O)Nc2ccc(COC(=O)N3CC(=O)C[C@H]3C(=O)N[C@@H]3[C@@H](O)[C@H](O)[C@@H](Nc4ncnc5nc[nH]c45)O[C@H]3CO)cc2)C(C)C)C1=O. The molecule has 3 saturated heterocycles. The zero-order chi connectivity index (χ0) is 51.0. The second kappa shape index (κ2) is 22.7. The van der Waals surface area contributed by atoms with Gasteiger partial charge in [-0.1, -0.05) is 52.3 Å². The van der Waals surface area contributed by atoms with E-state index in [1.54, 1.807) is 32.1 Å². The summed E-state index contributed by atoms with van der Waals surface area (Å²) in [5.74, 6) is -4.54. The van der Waals surface area contributed by atoms with E-state index in [0.29, 0.717) is 28.8 Å². The minimum Gasteiger partial charge on any atom is -0.445 e. The van der Waals surface area contributed by atoms with Gasteiger partial charge in [0.2, 0.25) is 35.4 Å². The summed E-state index contributed by atoms with van der Waals surface area (Å²) in [6.45, 7) is 11.1. The molecule has 3 aromatic rings. The first-order chi connectivity index (χ1) is 33.3. The Balaban J connectivity index is 0.953. The summed E-state index contributed by atoms with van der Waals surface area (Å²) in [5, 5.41) is 45.5. The van der Waals surface area contributed by atoms with E-state index in [4.69, 9.17) is 9.47 Å². The molecule has 24 heteroatoms. The predicted octanol–water partition coefficient (Wildman–Crippen LogP) is 0.0104. The summed E-state index contributed by atoms with van der Waals surface area (Å²) in [6.07, 6.45) is -1.62. The number of likely N-dealkylation sites (tertiary alicyclic amines) is 2. The second-order valence-electron chi connectivity index (χ2n) is 18.3. The molecule has 0 bridgehead atoms.